The van der Waals surface area contributed by atoms with Gasteiger partial charge in [-0.1, -0.05) is 67.8 Å². The molecular weight excluding hydrogens is 510 g/mol. The van der Waals surface area contributed by atoms with Gasteiger partial charge in [0.25, 0.3) is 10.0 Å². The van der Waals surface area contributed by atoms with E-state index in [4.69, 9.17) is 0 Å². The smallest absolute Gasteiger partial charge is 0.265 e. The third-order valence-corrected chi connectivity index (χ3v) is 10.0. The molecule has 1 fully saturated rings. The summed E-state index contributed by atoms with van der Waals surface area (Å²) in [6.45, 7) is 4.32. The Bertz CT molecular complexity index is 1470. The number of hydrogen-bond donors (Lipinski definition) is 1. The molecule has 3 aromatic rings. The molecular formula is C31H37N3O4S. The van der Waals surface area contributed by atoms with Crippen molar-refractivity contribution in [2.45, 2.75) is 82.3 Å². The first-order chi connectivity index (χ1) is 18.8. The standard InChI is InChI=1S/C31H37N3O4S/c1-22-11-6-7-12-25(22)21-33(23(2)31(36)32-26-15-4-3-5-16-26)29(35)19-10-20-34-27-17-8-13-24-14-9-18-28(30(24)27)39(34,37)38/h6-9,11-14,17-18,23,26H,3-5,10,15-16,19-21H2,1-2H3,(H,32,36)/t23-/m1/s1. The average molecular weight is 548 g/mol. The van der Waals surface area contributed by atoms with Gasteiger partial charge in [-0.25, -0.2) is 8.42 Å². The summed E-state index contributed by atoms with van der Waals surface area (Å²) < 4.78 is 28.1. The summed E-state index contributed by atoms with van der Waals surface area (Å²) in [7, 11) is -3.67. The lowest BCUT2D eigenvalue weighted by Gasteiger charge is -2.32. The second kappa shape index (κ2) is 11.4. The third kappa shape index (κ3) is 5.53. The van der Waals surface area contributed by atoms with E-state index in [1.165, 1.54) is 10.7 Å². The van der Waals surface area contributed by atoms with E-state index in [0.717, 1.165) is 47.6 Å². The number of rotatable bonds is 9. The van der Waals surface area contributed by atoms with E-state index in [0.29, 0.717) is 23.5 Å². The Morgan fingerprint density at radius 1 is 1.00 bits per heavy atom. The second-order valence-corrected chi connectivity index (χ2v) is 12.6. The van der Waals surface area contributed by atoms with Crippen LogP contribution in [-0.2, 0) is 26.2 Å². The van der Waals surface area contributed by atoms with Crippen LogP contribution >= 0.6 is 0 Å². The van der Waals surface area contributed by atoms with Crippen LogP contribution < -0.4 is 9.62 Å². The molecule has 39 heavy (non-hydrogen) atoms. The third-order valence-electron chi connectivity index (χ3n) is 8.15. The minimum absolute atomic E-state index is 0.131. The van der Waals surface area contributed by atoms with Gasteiger partial charge in [-0.3, -0.25) is 13.9 Å². The van der Waals surface area contributed by atoms with Gasteiger partial charge in [0, 0.05) is 30.9 Å². The maximum absolute atomic E-state index is 13.6. The van der Waals surface area contributed by atoms with Crippen LogP contribution in [0.3, 0.4) is 0 Å². The number of nitrogens with one attached hydrogen (secondary N) is 1. The van der Waals surface area contributed by atoms with E-state index in [-0.39, 0.29) is 30.8 Å². The Kier molecular flexibility index (Phi) is 7.93. The Morgan fingerprint density at radius 3 is 2.46 bits per heavy atom. The summed E-state index contributed by atoms with van der Waals surface area (Å²) in [4.78, 5) is 28.8. The van der Waals surface area contributed by atoms with Gasteiger partial charge in [-0.2, -0.15) is 0 Å². The summed E-state index contributed by atoms with van der Waals surface area (Å²) in [6, 6.07) is 18.3. The number of amides is 2. The molecule has 0 spiro atoms. The summed E-state index contributed by atoms with van der Waals surface area (Å²) in [5, 5.41) is 4.79. The van der Waals surface area contributed by atoms with Crippen molar-refractivity contribution in [2.24, 2.45) is 0 Å². The van der Waals surface area contributed by atoms with Gasteiger partial charge in [-0.05, 0) is 61.8 Å². The van der Waals surface area contributed by atoms with Crippen molar-refractivity contribution >= 4 is 38.3 Å². The van der Waals surface area contributed by atoms with E-state index in [2.05, 4.69) is 5.32 Å². The molecule has 0 bridgehead atoms. The number of carbonyl (C=O) groups excluding carboxylic acids is 2. The Hall–Kier alpha value is -3.39. The van der Waals surface area contributed by atoms with E-state index in [1.54, 1.807) is 24.0 Å². The first-order valence-electron chi connectivity index (χ1n) is 14.0. The number of aryl methyl sites for hydroxylation is 1. The fourth-order valence-corrected chi connectivity index (χ4v) is 7.59. The van der Waals surface area contributed by atoms with Crippen LogP contribution in [-0.4, -0.2) is 43.8 Å². The molecule has 1 heterocycles. The predicted octanol–water partition coefficient (Wildman–Crippen LogP) is 5.30. The number of benzene rings is 3. The predicted molar refractivity (Wildman–Crippen MR) is 154 cm³/mol. The van der Waals surface area contributed by atoms with Gasteiger partial charge in [0.15, 0.2) is 0 Å². The molecule has 1 atom stereocenters. The Balaban J connectivity index is 1.30. The average Bonchev–Trinajstić information content (AvgIpc) is 3.16. The van der Waals surface area contributed by atoms with Crippen LogP contribution in [0.5, 0.6) is 0 Å². The number of sulfonamides is 1. The van der Waals surface area contributed by atoms with Gasteiger partial charge in [0.2, 0.25) is 11.8 Å². The van der Waals surface area contributed by atoms with Crippen molar-refractivity contribution in [1.82, 2.24) is 10.2 Å². The van der Waals surface area contributed by atoms with E-state index in [9.17, 15) is 18.0 Å². The minimum Gasteiger partial charge on any atom is -0.352 e. The van der Waals surface area contributed by atoms with Crippen molar-refractivity contribution in [1.29, 1.82) is 0 Å². The molecule has 1 N–H and O–H groups in total. The van der Waals surface area contributed by atoms with Crippen LogP contribution in [0.4, 0.5) is 5.69 Å². The molecule has 3 aromatic carbocycles. The van der Waals surface area contributed by atoms with Crippen molar-refractivity contribution in [2.75, 3.05) is 10.8 Å². The van der Waals surface area contributed by atoms with Crippen LogP contribution in [0.25, 0.3) is 10.8 Å². The first-order valence-corrected chi connectivity index (χ1v) is 15.4. The van der Waals surface area contributed by atoms with E-state index in [1.807, 2.05) is 55.5 Å². The topological polar surface area (TPSA) is 86.8 Å². The Labute approximate surface area is 231 Å². The first kappa shape index (κ1) is 27.2. The van der Waals surface area contributed by atoms with E-state index < -0.39 is 16.1 Å². The molecule has 1 saturated carbocycles. The summed E-state index contributed by atoms with van der Waals surface area (Å²) in [5.41, 5.74) is 2.71. The zero-order valence-electron chi connectivity index (χ0n) is 22.7. The lowest BCUT2D eigenvalue weighted by atomic mass is 9.95. The highest BCUT2D eigenvalue weighted by Crippen LogP contribution is 2.42. The van der Waals surface area contributed by atoms with E-state index >= 15 is 0 Å². The zero-order chi connectivity index (χ0) is 27.6. The molecule has 0 saturated heterocycles. The maximum Gasteiger partial charge on any atom is 0.265 e. The molecule has 0 unspecified atom stereocenters. The van der Waals surface area contributed by atoms with Gasteiger partial charge in [-0.15, -0.1) is 0 Å². The molecule has 2 aliphatic rings. The summed E-state index contributed by atoms with van der Waals surface area (Å²) in [5.74, 6) is -0.287. The number of hydrogen-bond acceptors (Lipinski definition) is 4. The summed E-state index contributed by atoms with van der Waals surface area (Å²) in [6.07, 6.45) is 5.87. The lowest BCUT2D eigenvalue weighted by molar-refractivity contribution is -0.141. The molecule has 5 rings (SSSR count). The largest absolute Gasteiger partial charge is 0.352 e. The normalized spacial score (nSPS) is 17.2. The number of carbonyl (C=O) groups is 2. The molecule has 7 nitrogen and oxygen atoms in total. The molecule has 8 heteroatoms. The van der Waals surface area contributed by atoms with Crippen LogP contribution in [0.2, 0.25) is 0 Å². The van der Waals surface area contributed by atoms with Crippen LogP contribution in [0, 0.1) is 6.92 Å². The van der Waals surface area contributed by atoms with Gasteiger partial charge < -0.3 is 10.2 Å². The maximum atomic E-state index is 13.6. The van der Waals surface area contributed by atoms with Crippen LogP contribution in [0.1, 0.15) is 63.0 Å². The highest BCUT2D eigenvalue weighted by molar-refractivity contribution is 7.93. The quantitative estimate of drug-likeness (QED) is 0.394. The summed E-state index contributed by atoms with van der Waals surface area (Å²) >= 11 is 0. The molecule has 1 aliphatic heterocycles. The number of nitrogens with zero attached hydrogens (tertiary/aromatic N) is 2. The van der Waals surface area contributed by atoms with Crippen molar-refractivity contribution in [3.05, 3.63) is 71.8 Å². The van der Waals surface area contributed by atoms with Gasteiger partial charge >= 0.3 is 0 Å². The Morgan fingerprint density at radius 2 is 1.72 bits per heavy atom. The second-order valence-electron chi connectivity index (χ2n) is 10.8. The molecule has 1 aliphatic carbocycles. The molecule has 206 valence electrons. The fourth-order valence-electron chi connectivity index (χ4n) is 5.84. The molecule has 0 radical (unpaired) electrons. The highest BCUT2D eigenvalue weighted by atomic mass is 32.2. The highest BCUT2D eigenvalue weighted by Gasteiger charge is 2.35. The SMILES string of the molecule is Cc1ccccc1CN(C(=O)CCCN1c2cccc3cccc(c23)S1(=O)=O)[C@H](C)C(=O)NC1CCCCC1. The van der Waals surface area contributed by atoms with Crippen LogP contribution in [0.15, 0.2) is 65.6 Å². The van der Waals surface area contributed by atoms with Gasteiger partial charge in [0.05, 0.1) is 10.6 Å². The van der Waals surface area contributed by atoms with Gasteiger partial charge in [0.1, 0.15) is 6.04 Å². The van der Waals surface area contributed by atoms with Crippen molar-refractivity contribution < 1.29 is 18.0 Å². The van der Waals surface area contributed by atoms with Crippen molar-refractivity contribution in [3.8, 4) is 0 Å². The monoisotopic (exact) mass is 547 g/mol. The fraction of sp³-hybridized carbons (Fsp3) is 0.419. The zero-order valence-corrected chi connectivity index (χ0v) is 23.5. The number of anilines is 1. The minimum atomic E-state index is -3.67. The van der Waals surface area contributed by atoms with Crippen molar-refractivity contribution in [3.63, 3.8) is 0 Å². The molecule has 2 amide bonds. The molecule has 0 aromatic heterocycles. The lowest BCUT2D eigenvalue weighted by Crippen LogP contribution is -2.50.